The Morgan fingerprint density at radius 1 is 0.607 bits per heavy atom. The molecule has 12 amide bonds. The normalized spacial score (nSPS) is 16.5. The lowest BCUT2D eigenvalue weighted by Crippen LogP contribution is -2.60. The van der Waals surface area contributed by atoms with Crippen LogP contribution in [0.15, 0.2) is 63.6 Å². The maximum absolute atomic E-state index is 14.9. The largest absolute Gasteiger partial charge is 0.445 e. The van der Waals surface area contributed by atoms with Crippen molar-refractivity contribution in [2.24, 2.45) is 35.3 Å². The lowest BCUT2D eigenvalue weighted by atomic mass is 9.89. The number of ether oxygens (including phenoxy) is 11. The smallest absolute Gasteiger partial charge is 0.410 e. The number of primary amides is 1. The Balaban J connectivity index is 1.18. The van der Waals surface area contributed by atoms with E-state index in [2.05, 4.69) is 63.8 Å². The van der Waals surface area contributed by atoms with Crippen LogP contribution < -0.4 is 37.6 Å². The number of nitrogens with two attached hydrogens (primary N) is 1. The number of amides is 12. The lowest BCUT2D eigenvalue weighted by molar-refractivity contribution is -0.148. The number of carbonyl (C=O) groups excluding carboxylic acids is 11. The fourth-order valence-electron chi connectivity index (χ4n) is 13.4. The number of imide groups is 1. The zero-order valence-electron chi connectivity index (χ0n) is 70.5. The number of halogens is 2. The van der Waals surface area contributed by atoms with Gasteiger partial charge in [-0.2, -0.15) is 0 Å². The van der Waals surface area contributed by atoms with Crippen molar-refractivity contribution in [2.75, 3.05) is 159 Å². The molecule has 2 heterocycles. The van der Waals surface area contributed by atoms with Gasteiger partial charge in [-0.3, -0.25) is 53.0 Å². The maximum atomic E-state index is 14.9. The van der Waals surface area contributed by atoms with Gasteiger partial charge in [0.05, 0.1) is 161 Å². The van der Waals surface area contributed by atoms with Gasteiger partial charge in [-0.1, -0.05) is 111 Å². The summed E-state index contributed by atoms with van der Waals surface area (Å²) in [5, 5.41) is 27.7. The highest BCUT2D eigenvalue weighted by Gasteiger charge is 2.45. The summed E-state index contributed by atoms with van der Waals surface area (Å²) in [7, 11) is 6.08. The van der Waals surface area contributed by atoms with Gasteiger partial charge < -0.3 is 105 Å². The molecule has 0 aromatic heterocycles. The summed E-state index contributed by atoms with van der Waals surface area (Å²) >= 11 is 6.18. The van der Waals surface area contributed by atoms with Crippen molar-refractivity contribution in [2.45, 2.75) is 181 Å². The molecular weight excluding hydrogens is 1650 g/mol. The average Bonchev–Trinajstić information content (AvgIpc) is 1.73. The molecule has 0 saturated carbocycles. The van der Waals surface area contributed by atoms with Gasteiger partial charge in [0.25, 0.3) is 11.8 Å². The first-order valence-corrected chi connectivity index (χ1v) is 41.8. The van der Waals surface area contributed by atoms with Crippen LogP contribution in [0.3, 0.4) is 0 Å². The Hall–Kier alpha value is -7.33. The van der Waals surface area contributed by atoms with Crippen molar-refractivity contribution in [3.63, 3.8) is 0 Å². The summed E-state index contributed by atoms with van der Waals surface area (Å²) in [6.07, 6.45) is -1.20. The molecule has 1 saturated heterocycles. The van der Waals surface area contributed by atoms with Gasteiger partial charge in [0.15, 0.2) is 0 Å². The molecule has 2 aliphatic heterocycles. The van der Waals surface area contributed by atoms with Crippen LogP contribution in [0.2, 0.25) is 0 Å². The summed E-state index contributed by atoms with van der Waals surface area (Å²) in [6.45, 7) is 23.5. The van der Waals surface area contributed by atoms with Crippen molar-refractivity contribution in [3.8, 4) is 0 Å². The highest BCUT2D eigenvalue weighted by molar-refractivity contribution is 9.14. The van der Waals surface area contributed by atoms with Crippen LogP contribution in [0.1, 0.15) is 131 Å². The Morgan fingerprint density at radius 2 is 1.13 bits per heavy atom. The number of methoxy groups -OCH3 is 2. The van der Waals surface area contributed by atoms with E-state index in [4.69, 9.17) is 57.8 Å². The van der Waals surface area contributed by atoms with Crippen molar-refractivity contribution < 1.29 is 110 Å². The molecule has 2 aromatic carbocycles. The van der Waals surface area contributed by atoms with E-state index >= 15 is 0 Å². The highest BCUT2D eigenvalue weighted by atomic mass is 79.9. The van der Waals surface area contributed by atoms with Gasteiger partial charge in [-0.15, -0.1) is 0 Å². The summed E-state index contributed by atoms with van der Waals surface area (Å²) < 4.78 is 62.3. The molecular formula is C81H129Br2N11O23. The zero-order valence-corrected chi connectivity index (χ0v) is 73.7. The van der Waals surface area contributed by atoms with E-state index in [-0.39, 0.29) is 98.5 Å². The second kappa shape index (κ2) is 55.5. The molecule has 12 atom stereocenters. The summed E-state index contributed by atoms with van der Waals surface area (Å²) in [6, 6.07) is 8.66. The second-order valence-corrected chi connectivity index (χ2v) is 31.4. The Morgan fingerprint density at radius 3 is 1.62 bits per heavy atom. The number of nitrogens with one attached hydrogen (secondary N) is 6. The van der Waals surface area contributed by atoms with Gasteiger partial charge in [-0.25, -0.2) is 9.59 Å². The van der Waals surface area contributed by atoms with Crippen LogP contribution in [0.5, 0.6) is 0 Å². The number of urea groups is 1. The van der Waals surface area contributed by atoms with Crippen molar-refractivity contribution in [1.29, 1.82) is 0 Å². The van der Waals surface area contributed by atoms with E-state index in [1.165, 1.54) is 26.2 Å². The van der Waals surface area contributed by atoms with E-state index in [1.54, 1.807) is 109 Å². The van der Waals surface area contributed by atoms with E-state index < -0.39 is 138 Å². The monoisotopic (exact) mass is 1780 g/mol. The van der Waals surface area contributed by atoms with Crippen LogP contribution in [0.4, 0.5) is 15.3 Å². The SMILES string of the molecule is CC[C@H](C)[C@@H](C(CC(=O)N1CCC[C@H]1[C@H](OC)[C@@H](C)C(=O)N[C@H](C)[C@@H](O)c1ccccc1)OC)N(C)C(=O)[C@@H](NC(=O)[C@H](C(C)C)N(C)C(=O)OCc1ccc(NC(=O)[C@H](CCCNC(N)=O)NC(=O)[C@@H](NC(=O)CCOCCOCCOCCOCCOCCOCCOCCOCCN2C(=O)C(Br)=C(Br)C2=O)C(C)C)cc1)C(C)C. The Labute approximate surface area is 705 Å². The van der Waals surface area contributed by atoms with E-state index in [1.807, 2.05) is 32.0 Å². The topological polar surface area (TPSA) is 421 Å². The van der Waals surface area contributed by atoms with Crippen molar-refractivity contribution >= 4 is 103 Å². The molecule has 36 heteroatoms. The zero-order chi connectivity index (χ0) is 86.7. The third-order valence-electron chi connectivity index (χ3n) is 20.1. The lowest BCUT2D eigenvalue weighted by Gasteiger charge is -2.41. The van der Waals surface area contributed by atoms with Gasteiger partial charge in [0.1, 0.15) is 39.7 Å². The Kier molecular flexibility index (Phi) is 48.4. The molecule has 2 aromatic rings. The van der Waals surface area contributed by atoms with Crippen LogP contribution >= 0.6 is 31.9 Å². The highest BCUT2D eigenvalue weighted by Crippen LogP contribution is 2.32. The number of hydrogen-bond donors (Lipinski definition) is 8. The predicted molar refractivity (Wildman–Crippen MR) is 442 cm³/mol. The molecule has 660 valence electrons. The molecule has 117 heavy (non-hydrogen) atoms. The number of aliphatic hydroxyl groups is 1. The number of likely N-dealkylation sites (N-methyl/N-ethyl adjacent to an activating group) is 2. The first-order chi connectivity index (χ1) is 55.8. The minimum atomic E-state index is -1.13. The molecule has 0 bridgehead atoms. The third kappa shape index (κ3) is 35.1. The first-order valence-electron chi connectivity index (χ1n) is 40.2. The molecule has 0 aliphatic carbocycles. The quantitative estimate of drug-likeness (QED) is 0.0300. The van der Waals surface area contributed by atoms with E-state index in [9.17, 15) is 57.8 Å². The molecule has 0 radical (unpaired) electrons. The number of benzene rings is 2. The summed E-state index contributed by atoms with van der Waals surface area (Å²) in [5.41, 5.74) is 6.79. The standard InChI is InChI=1S/C81H129Br2N11O23/c1-15-54(8)70(62(107-13)49-64(96)93-31-20-24-61(93)72(108-14)55(9)73(98)86-56(10)71(97)58-21-17-16-18-22-58)91(11)79(104)68(52(4)5)90-76(101)69(53(6)7)92(12)81(106)117-50-57-25-27-59(28-26-57)87-74(99)60(23-19-30-85-80(84)105)88-75(100)67(51(2)3)89-63(95)29-33-109-35-37-111-39-41-113-43-45-115-47-48-116-46-44-114-42-40-112-38-36-110-34-32-94-77(102)65(82)66(83)78(94)103/h16-18,21-22,25-28,51-56,60-62,67-72,97H,15,19-20,23-24,29-50H2,1-14H3,(H,86,98)(H,87,99)(H,88,100)(H,89,95)(H,90,101)(H3,84,85,105)/t54-,55+,56+,60-,61-,62?,67-,68-,69-,70-,71+,72+/m0/s1. The second-order valence-electron chi connectivity index (χ2n) is 29.8. The number of likely N-dealkylation sites (tertiary alicyclic amines) is 1. The molecule has 2 aliphatic rings. The number of anilines is 1. The Bertz CT molecular complexity index is 3400. The molecule has 1 fully saturated rings. The van der Waals surface area contributed by atoms with Crippen molar-refractivity contribution in [1.82, 2.24) is 46.2 Å². The minimum Gasteiger partial charge on any atom is -0.445 e. The van der Waals surface area contributed by atoms with Crippen LogP contribution in [-0.2, 0) is 102 Å². The first kappa shape index (κ1) is 102. The maximum Gasteiger partial charge on any atom is 0.410 e. The van der Waals surface area contributed by atoms with E-state index in [0.717, 1.165) is 4.90 Å². The van der Waals surface area contributed by atoms with Crippen molar-refractivity contribution in [3.05, 3.63) is 74.7 Å². The van der Waals surface area contributed by atoms with E-state index in [0.29, 0.717) is 122 Å². The van der Waals surface area contributed by atoms with Gasteiger partial charge >= 0.3 is 12.1 Å². The molecule has 9 N–H and O–H groups in total. The van der Waals surface area contributed by atoms with Gasteiger partial charge in [0.2, 0.25) is 41.4 Å². The predicted octanol–water partition coefficient (Wildman–Crippen LogP) is 5.48. The molecule has 4 rings (SSSR count). The van der Waals surface area contributed by atoms with Crippen LogP contribution in [-0.4, -0.2) is 298 Å². The summed E-state index contributed by atoms with van der Waals surface area (Å²) in [5.74, 6) is -6.24. The number of hydrogen-bond acceptors (Lipinski definition) is 23. The fraction of sp³-hybridized carbons (Fsp3) is 0.691. The van der Waals surface area contributed by atoms with Gasteiger partial charge in [0, 0.05) is 53.5 Å². The number of nitrogens with zero attached hydrogens (tertiary/aromatic N) is 4. The third-order valence-corrected chi connectivity index (χ3v) is 22.1. The van der Waals surface area contributed by atoms with Gasteiger partial charge in [-0.05, 0) is 111 Å². The molecule has 0 spiro atoms. The number of aliphatic hydroxyl groups excluding tert-OH is 1. The fourth-order valence-corrected chi connectivity index (χ4v) is 14.1. The summed E-state index contributed by atoms with van der Waals surface area (Å²) in [4.78, 5) is 153. The number of carbonyl (C=O) groups is 11. The average molecular weight is 1780 g/mol. The minimum absolute atomic E-state index is 0.0462. The molecule has 1 unspecified atom stereocenters. The van der Waals surface area contributed by atoms with Crippen LogP contribution in [0.25, 0.3) is 0 Å². The number of rotatable bonds is 59. The molecule has 34 nitrogen and oxygen atoms in total. The van der Waals surface area contributed by atoms with Crippen LogP contribution in [0, 0.1) is 29.6 Å².